The van der Waals surface area contributed by atoms with E-state index in [1.807, 2.05) is 0 Å². The number of benzene rings is 2. The van der Waals surface area contributed by atoms with Crippen molar-refractivity contribution in [1.82, 2.24) is 9.80 Å². The lowest BCUT2D eigenvalue weighted by Gasteiger charge is -2.35. The molecule has 1 amide bonds. The van der Waals surface area contributed by atoms with Crippen LogP contribution in [0.4, 0.5) is 10.1 Å². The molecule has 162 valence electrons. The highest BCUT2D eigenvalue weighted by molar-refractivity contribution is 7.92. The van der Waals surface area contributed by atoms with E-state index in [4.69, 9.17) is 4.74 Å². The minimum atomic E-state index is -4.17. The maximum atomic E-state index is 14.5. The molecular formula is C21H26FN3O4S. The minimum absolute atomic E-state index is 0.0462. The fraction of sp³-hybridized carbons (Fsp3) is 0.381. The molecule has 0 radical (unpaired) electrons. The average molecular weight is 436 g/mol. The Balaban J connectivity index is 1.91. The summed E-state index contributed by atoms with van der Waals surface area (Å²) in [5.74, 6) is -0.569. The number of rotatable bonds is 7. The van der Waals surface area contributed by atoms with Gasteiger partial charge in [0.15, 0.2) is 0 Å². The zero-order chi connectivity index (χ0) is 21.7. The molecule has 9 heteroatoms. The van der Waals surface area contributed by atoms with E-state index in [0.29, 0.717) is 18.8 Å². The van der Waals surface area contributed by atoms with Gasteiger partial charge in [-0.15, -0.1) is 0 Å². The highest BCUT2D eigenvalue weighted by Crippen LogP contribution is 2.27. The van der Waals surface area contributed by atoms with E-state index in [9.17, 15) is 17.6 Å². The van der Waals surface area contributed by atoms with Crippen LogP contribution in [-0.4, -0.2) is 70.5 Å². The highest BCUT2D eigenvalue weighted by Gasteiger charge is 2.31. The molecule has 1 fully saturated rings. The number of methoxy groups -OCH3 is 1. The lowest BCUT2D eigenvalue weighted by molar-refractivity contribution is -0.131. The van der Waals surface area contributed by atoms with E-state index in [1.54, 1.807) is 11.0 Å². The molecule has 0 aliphatic carbocycles. The number of anilines is 1. The van der Waals surface area contributed by atoms with Crippen LogP contribution in [0.15, 0.2) is 53.4 Å². The fourth-order valence-corrected chi connectivity index (χ4v) is 4.79. The Kier molecular flexibility index (Phi) is 6.94. The first kappa shape index (κ1) is 22.0. The van der Waals surface area contributed by atoms with Crippen LogP contribution in [0.5, 0.6) is 5.75 Å². The molecule has 3 rings (SSSR count). The summed E-state index contributed by atoms with van der Waals surface area (Å²) in [7, 11) is -2.69. The molecule has 0 aromatic heterocycles. The standard InChI is InChI=1S/C21H26FN3O4S/c1-3-23-12-14-24(15-13-23)21(26)16-25(20-7-5-4-6-19(20)22)30(27,28)18-10-8-17(29-2)9-11-18/h4-11H,3,12-16H2,1-2H3. The molecule has 1 aliphatic rings. The second-order valence-corrected chi connectivity index (χ2v) is 8.82. The summed E-state index contributed by atoms with van der Waals surface area (Å²) in [6.45, 7) is 4.97. The number of likely N-dealkylation sites (N-methyl/N-ethyl adjacent to an activating group) is 1. The zero-order valence-corrected chi connectivity index (χ0v) is 17.9. The molecular weight excluding hydrogens is 409 g/mol. The van der Waals surface area contributed by atoms with E-state index in [0.717, 1.165) is 23.9 Å². The lowest BCUT2D eigenvalue weighted by Crippen LogP contribution is -2.51. The Morgan fingerprint density at radius 3 is 2.27 bits per heavy atom. The first-order valence-corrected chi connectivity index (χ1v) is 11.2. The third kappa shape index (κ3) is 4.73. The molecule has 1 heterocycles. The lowest BCUT2D eigenvalue weighted by atomic mass is 10.3. The largest absolute Gasteiger partial charge is 0.497 e. The molecule has 2 aromatic rings. The van der Waals surface area contributed by atoms with Gasteiger partial charge < -0.3 is 14.5 Å². The topological polar surface area (TPSA) is 70.2 Å². The van der Waals surface area contributed by atoms with Crippen molar-refractivity contribution < 1.29 is 22.3 Å². The van der Waals surface area contributed by atoms with Crippen LogP contribution in [0, 0.1) is 5.82 Å². The molecule has 2 aromatic carbocycles. The fourth-order valence-electron chi connectivity index (χ4n) is 3.36. The molecule has 0 saturated carbocycles. The number of ether oxygens (including phenoxy) is 1. The summed E-state index contributed by atoms with van der Waals surface area (Å²) in [6.07, 6.45) is 0. The van der Waals surface area contributed by atoms with Gasteiger partial charge >= 0.3 is 0 Å². The Hall–Kier alpha value is -2.65. The van der Waals surface area contributed by atoms with E-state index in [-0.39, 0.29) is 16.5 Å². The molecule has 1 saturated heterocycles. The summed E-state index contributed by atoms with van der Waals surface area (Å²) in [5, 5.41) is 0. The van der Waals surface area contributed by atoms with Gasteiger partial charge in [-0.3, -0.25) is 9.10 Å². The van der Waals surface area contributed by atoms with Crippen molar-refractivity contribution in [3.05, 3.63) is 54.3 Å². The number of para-hydroxylation sites is 1. The van der Waals surface area contributed by atoms with E-state index >= 15 is 0 Å². The van der Waals surface area contributed by atoms with Gasteiger partial charge in [0.25, 0.3) is 10.0 Å². The summed E-state index contributed by atoms with van der Waals surface area (Å²) in [4.78, 5) is 16.7. The van der Waals surface area contributed by atoms with Crippen LogP contribution >= 0.6 is 0 Å². The maximum Gasteiger partial charge on any atom is 0.264 e. The third-order valence-corrected chi connectivity index (χ3v) is 6.99. The number of hydrogen-bond donors (Lipinski definition) is 0. The molecule has 1 aliphatic heterocycles. The Morgan fingerprint density at radius 2 is 1.70 bits per heavy atom. The summed E-state index contributed by atoms with van der Waals surface area (Å²) in [6, 6.07) is 11.3. The highest BCUT2D eigenvalue weighted by atomic mass is 32.2. The van der Waals surface area contributed by atoms with Crippen molar-refractivity contribution in [3.8, 4) is 5.75 Å². The van der Waals surface area contributed by atoms with Crippen LogP contribution in [0.2, 0.25) is 0 Å². The van der Waals surface area contributed by atoms with Gasteiger partial charge in [-0.05, 0) is 42.9 Å². The number of carbonyl (C=O) groups excluding carboxylic acids is 1. The van der Waals surface area contributed by atoms with Crippen molar-refractivity contribution in [1.29, 1.82) is 0 Å². The summed E-state index contributed by atoms with van der Waals surface area (Å²) >= 11 is 0. The Bertz CT molecular complexity index is 974. The number of piperazine rings is 1. The Labute approximate surface area is 176 Å². The third-order valence-electron chi connectivity index (χ3n) is 5.22. The van der Waals surface area contributed by atoms with Gasteiger partial charge in [-0.2, -0.15) is 0 Å². The van der Waals surface area contributed by atoms with E-state index in [1.165, 1.54) is 49.6 Å². The summed E-state index contributed by atoms with van der Waals surface area (Å²) in [5.41, 5.74) is -0.158. The molecule has 30 heavy (non-hydrogen) atoms. The molecule has 0 atom stereocenters. The zero-order valence-electron chi connectivity index (χ0n) is 17.1. The van der Waals surface area contributed by atoms with Gasteiger partial charge in [0.2, 0.25) is 5.91 Å². The molecule has 0 unspecified atom stereocenters. The molecule has 0 N–H and O–H groups in total. The van der Waals surface area contributed by atoms with Crippen molar-refractivity contribution >= 4 is 21.6 Å². The maximum absolute atomic E-state index is 14.5. The van der Waals surface area contributed by atoms with Crippen molar-refractivity contribution in [2.75, 3.05) is 50.7 Å². The first-order valence-electron chi connectivity index (χ1n) is 9.78. The van der Waals surface area contributed by atoms with Crippen molar-refractivity contribution in [3.63, 3.8) is 0 Å². The second kappa shape index (κ2) is 9.44. The minimum Gasteiger partial charge on any atom is -0.497 e. The smallest absolute Gasteiger partial charge is 0.264 e. The van der Waals surface area contributed by atoms with E-state index in [2.05, 4.69) is 11.8 Å². The predicted molar refractivity (Wildman–Crippen MR) is 113 cm³/mol. The van der Waals surface area contributed by atoms with Crippen LogP contribution in [0.1, 0.15) is 6.92 Å². The number of carbonyl (C=O) groups is 1. The normalized spacial score (nSPS) is 15.1. The van der Waals surface area contributed by atoms with Gasteiger partial charge in [0, 0.05) is 26.2 Å². The second-order valence-electron chi connectivity index (χ2n) is 6.95. The van der Waals surface area contributed by atoms with Gasteiger partial charge in [0.1, 0.15) is 18.1 Å². The SMILES string of the molecule is CCN1CCN(C(=O)CN(c2ccccc2F)S(=O)(=O)c2ccc(OC)cc2)CC1. The van der Waals surface area contributed by atoms with Crippen LogP contribution in [0.3, 0.4) is 0 Å². The quantitative estimate of drug-likeness (QED) is 0.667. The van der Waals surface area contributed by atoms with Gasteiger partial charge in [-0.1, -0.05) is 19.1 Å². The number of sulfonamides is 1. The van der Waals surface area contributed by atoms with Gasteiger partial charge in [-0.25, -0.2) is 12.8 Å². The number of halogens is 1. The molecule has 0 bridgehead atoms. The van der Waals surface area contributed by atoms with Gasteiger partial charge in [0.05, 0.1) is 17.7 Å². The van der Waals surface area contributed by atoms with Crippen molar-refractivity contribution in [2.24, 2.45) is 0 Å². The number of amides is 1. The number of hydrogen-bond acceptors (Lipinski definition) is 5. The monoisotopic (exact) mass is 435 g/mol. The summed E-state index contributed by atoms with van der Waals surface area (Å²) < 4.78 is 47.1. The van der Waals surface area contributed by atoms with Crippen LogP contribution in [-0.2, 0) is 14.8 Å². The predicted octanol–water partition coefficient (Wildman–Crippen LogP) is 2.19. The van der Waals surface area contributed by atoms with Crippen LogP contribution < -0.4 is 9.04 Å². The van der Waals surface area contributed by atoms with Crippen LogP contribution in [0.25, 0.3) is 0 Å². The average Bonchev–Trinajstić information content (AvgIpc) is 2.78. The molecule has 0 spiro atoms. The Morgan fingerprint density at radius 1 is 1.07 bits per heavy atom. The molecule has 7 nitrogen and oxygen atoms in total. The first-order chi connectivity index (χ1) is 14.4. The number of nitrogens with zero attached hydrogens (tertiary/aromatic N) is 3. The van der Waals surface area contributed by atoms with Crippen molar-refractivity contribution in [2.45, 2.75) is 11.8 Å². The van der Waals surface area contributed by atoms with E-state index < -0.39 is 22.4 Å².